The third-order valence-electron chi connectivity index (χ3n) is 0.584. The fraction of sp³-hybridized carbons (Fsp3) is 0.400. The molecule has 0 aliphatic rings. The molecule has 0 amide bonds. The minimum atomic E-state index is 1.13. The molecule has 0 rings (SSSR count). The van der Waals surface area contributed by atoms with Crippen LogP contribution in [0.1, 0.15) is 6.92 Å². The topological polar surface area (TPSA) is 0 Å². The average Bonchev–Trinajstić information content (AvgIpc) is 1.65. The Morgan fingerprint density at radius 2 is 2.33 bits per heavy atom. The van der Waals surface area contributed by atoms with Gasteiger partial charge in [0.25, 0.3) is 0 Å². The summed E-state index contributed by atoms with van der Waals surface area (Å²) in [6.45, 7) is 5.68. The number of allylic oxidation sites excluding steroid dienone is 2. The minimum absolute atomic E-state index is 1.13. The smallest absolute Gasteiger partial charge is 0.0140 e. The van der Waals surface area contributed by atoms with Crippen molar-refractivity contribution in [1.29, 1.82) is 0 Å². The lowest BCUT2D eigenvalue weighted by molar-refractivity contribution is 1.71. The maximum atomic E-state index is 3.70. The summed E-state index contributed by atoms with van der Waals surface area (Å²) in [4.78, 5) is 1.13. The van der Waals surface area contributed by atoms with Crippen LogP contribution in [0.3, 0.4) is 0 Å². The van der Waals surface area contributed by atoms with E-state index in [-0.39, 0.29) is 0 Å². The lowest BCUT2D eigenvalue weighted by Gasteiger charge is -1.84. The Balaban J connectivity index is 3.22. The summed E-state index contributed by atoms with van der Waals surface area (Å²) in [6.07, 6.45) is 4.01. The summed E-state index contributed by atoms with van der Waals surface area (Å²) in [5.41, 5.74) is 0. The molecule has 0 saturated heterocycles. The summed E-state index contributed by atoms with van der Waals surface area (Å²) in [7, 11) is 0. The first-order valence-corrected chi connectivity index (χ1v) is 3.06. The van der Waals surface area contributed by atoms with E-state index in [1.165, 1.54) is 0 Å². The van der Waals surface area contributed by atoms with Gasteiger partial charge in [-0.15, -0.1) is 11.8 Å². The Hall–Kier alpha value is 0.0900. The Labute approximate surface area is 43.6 Å². The van der Waals surface area contributed by atoms with Crippen LogP contribution < -0.4 is 0 Å². The lowest BCUT2D eigenvalue weighted by atomic mass is 10.6. The van der Waals surface area contributed by atoms with Crippen molar-refractivity contribution in [3.8, 4) is 0 Å². The zero-order valence-electron chi connectivity index (χ0n) is 4.19. The molecule has 0 nitrogen and oxygen atoms in total. The summed E-state index contributed by atoms with van der Waals surface area (Å²) in [5.74, 6) is 0. The van der Waals surface area contributed by atoms with Crippen LogP contribution in [0.25, 0.3) is 0 Å². The average molecular weight is 101 g/mol. The molecule has 0 unspecified atom stereocenters. The van der Waals surface area contributed by atoms with E-state index in [9.17, 15) is 0 Å². The Kier molecular flexibility index (Phi) is 3.34. The molecule has 0 aromatic rings. The molecule has 0 saturated carbocycles. The van der Waals surface area contributed by atoms with Gasteiger partial charge in [0.05, 0.1) is 0 Å². The second-order valence-corrected chi connectivity index (χ2v) is 1.89. The molecule has 1 heteroatoms. The first-order chi connectivity index (χ1) is 2.81. The van der Waals surface area contributed by atoms with Gasteiger partial charge in [-0.25, -0.2) is 0 Å². The van der Waals surface area contributed by atoms with Crippen LogP contribution in [0, 0.1) is 6.92 Å². The third-order valence-corrected chi connectivity index (χ3v) is 1.34. The van der Waals surface area contributed by atoms with Crippen molar-refractivity contribution in [1.82, 2.24) is 0 Å². The number of rotatable bonds is 1. The van der Waals surface area contributed by atoms with Gasteiger partial charge in [0.1, 0.15) is 0 Å². The Morgan fingerprint density at radius 1 is 1.83 bits per heavy atom. The molecular formula is C5H9S. The number of hydrogen-bond acceptors (Lipinski definition) is 1. The van der Waals surface area contributed by atoms with Crippen molar-refractivity contribution < 1.29 is 0 Å². The molecule has 0 bridgehead atoms. The molecule has 0 spiro atoms. The van der Waals surface area contributed by atoms with Crippen LogP contribution in [0.5, 0.6) is 0 Å². The summed E-state index contributed by atoms with van der Waals surface area (Å²) in [5, 5.41) is 0. The van der Waals surface area contributed by atoms with Gasteiger partial charge in [0.2, 0.25) is 0 Å². The van der Waals surface area contributed by atoms with E-state index in [4.69, 9.17) is 0 Å². The van der Waals surface area contributed by atoms with E-state index in [0.717, 1.165) is 4.91 Å². The van der Waals surface area contributed by atoms with Crippen LogP contribution in [0.2, 0.25) is 0 Å². The summed E-state index contributed by atoms with van der Waals surface area (Å²) in [6, 6.07) is 0. The van der Waals surface area contributed by atoms with Crippen molar-refractivity contribution in [2.75, 3.05) is 6.26 Å². The number of thioether (sulfide) groups is 1. The standard InChI is InChI=1S/C5H9S/c1-4-5(2)6-3/h4H,2H2,1,3H3. The van der Waals surface area contributed by atoms with E-state index >= 15 is 0 Å². The predicted molar refractivity (Wildman–Crippen MR) is 32.6 cm³/mol. The molecule has 0 aromatic heterocycles. The van der Waals surface area contributed by atoms with Crippen LogP contribution in [0.15, 0.2) is 11.0 Å². The molecule has 0 aliphatic heterocycles. The predicted octanol–water partition coefficient (Wildman–Crippen LogP) is 2.09. The first kappa shape index (κ1) is 6.09. The van der Waals surface area contributed by atoms with Gasteiger partial charge >= 0.3 is 0 Å². The fourth-order valence-electron chi connectivity index (χ4n) is 0.118. The molecule has 6 heavy (non-hydrogen) atoms. The van der Waals surface area contributed by atoms with Gasteiger partial charge in [0.15, 0.2) is 0 Å². The van der Waals surface area contributed by atoms with Crippen molar-refractivity contribution in [2.24, 2.45) is 0 Å². The van der Waals surface area contributed by atoms with Crippen LogP contribution in [-0.4, -0.2) is 6.26 Å². The molecule has 0 N–H and O–H groups in total. The van der Waals surface area contributed by atoms with Crippen molar-refractivity contribution in [3.05, 3.63) is 17.9 Å². The SMILES string of the molecule is [CH2]C(=CC)SC. The number of hydrogen-bond donors (Lipinski definition) is 0. The molecular weight excluding hydrogens is 92.1 g/mol. The maximum Gasteiger partial charge on any atom is -0.0140 e. The first-order valence-electron chi connectivity index (χ1n) is 1.83. The normalized spacial score (nSPS) is 12.2. The van der Waals surface area contributed by atoms with Gasteiger partial charge in [-0.05, 0) is 25.0 Å². The highest BCUT2D eigenvalue weighted by molar-refractivity contribution is 8.02. The highest BCUT2D eigenvalue weighted by atomic mass is 32.2. The van der Waals surface area contributed by atoms with E-state index in [2.05, 4.69) is 6.92 Å². The molecule has 0 aliphatic carbocycles. The summed E-state index contributed by atoms with van der Waals surface area (Å²) < 4.78 is 0. The fourth-order valence-corrected chi connectivity index (χ4v) is 0.354. The molecule has 35 valence electrons. The van der Waals surface area contributed by atoms with E-state index in [1.54, 1.807) is 11.8 Å². The Morgan fingerprint density at radius 3 is 2.33 bits per heavy atom. The van der Waals surface area contributed by atoms with Gasteiger partial charge in [0, 0.05) is 0 Å². The second-order valence-electron chi connectivity index (χ2n) is 0.959. The molecule has 0 heterocycles. The second kappa shape index (κ2) is 3.29. The lowest BCUT2D eigenvalue weighted by Crippen LogP contribution is -1.57. The van der Waals surface area contributed by atoms with Crippen LogP contribution in [0.4, 0.5) is 0 Å². The van der Waals surface area contributed by atoms with Crippen molar-refractivity contribution >= 4 is 11.8 Å². The third kappa shape index (κ3) is 2.33. The maximum absolute atomic E-state index is 3.70. The van der Waals surface area contributed by atoms with Crippen LogP contribution >= 0.6 is 11.8 Å². The van der Waals surface area contributed by atoms with Crippen LogP contribution in [-0.2, 0) is 0 Å². The highest BCUT2D eigenvalue weighted by Crippen LogP contribution is 2.06. The molecule has 0 atom stereocenters. The van der Waals surface area contributed by atoms with Crippen molar-refractivity contribution in [3.63, 3.8) is 0 Å². The van der Waals surface area contributed by atoms with Gasteiger partial charge in [-0.3, -0.25) is 0 Å². The van der Waals surface area contributed by atoms with E-state index in [1.807, 2.05) is 19.3 Å². The van der Waals surface area contributed by atoms with Gasteiger partial charge in [-0.2, -0.15) is 0 Å². The minimum Gasteiger partial charge on any atom is -0.134 e. The van der Waals surface area contributed by atoms with Gasteiger partial charge in [-0.1, -0.05) is 6.08 Å². The molecule has 0 fully saturated rings. The monoisotopic (exact) mass is 101 g/mol. The van der Waals surface area contributed by atoms with Gasteiger partial charge < -0.3 is 0 Å². The zero-order valence-corrected chi connectivity index (χ0v) is 5.01. The highest BCUT2D eigenvalue weighted by Gasteiger charge is 1.73. The zero-order chi connectivity index (χ0) is 4.99. The summed E-state index contributed by atoms with van der Waals surface area (Å²) >= 11 is 1.67. The van der Waals surface area contributed by atoms with Crippen molar-refractivity contribution in [2.45, 2.75) is 6.92 Å². The quantitative estimate of drug-likeness (QED) is 0.487. The Bertz CT molecular complexity index is 55.0. The molecule has 1 radical (unpaired) electrons. The largest absolute Gasteiger partial charge is 0.134 e. The van der Waals surface area contributed by atoms with E-state index < -0.39 is 0 Å². The molecule has 0 aromatic carbocycles. The van der Waals surface area contributed by atoms with E-state index in [0.29, 0.717) is 0 Å².